The largest absolute Gasteiger partial charge is 0.333 e. The molecule has 11 heteroatoms. The Morgan fingerprint density at radius 2 is 2.03 bits per heavy atom. The van der Waals surface area contributed by atoms with Crippen LogP contribution in [0.1, 0.15) is 56.2 Å². The second-order valence-corrected chi connectivity index (χ2v) is 9.80. The average Bonchev–Trinajstić information content (AvgIpc) is 3.19. The van der Waals surface area contributed by atoms with Gasteiger partial charge in [0.25, 0.3) is 5.56 Å². The number of aryl methyl sites for hydroxylation is 1. The van der Waals surface area contributed by atoms with Crippen LogP contribution in [-0.2, 0) is 20.9 Å². The summed E-state index contributed by atoms with van der Waals surface area (Å²) in [5.74, 6) is -0.955. The van der Waals surface area contributed by atoms with E-state index >= 15 is 0 Å². The van der Waals surface area contributed by atoms with Gasteiger partial charge < -0.3 is 20.1 Å². The fourth-order valence-electron chi connectivity index (χ4n) is 5.61. The van der Waals surface area contributed by atoms with Crippen LogP contribution in [0.3, 0.4) is 0 Å². The molecule has 3 N–H and O–H groups in total. The second-order valence-electron chi connectivity index (χ2n) is 9.80. The first-order valence-electron chi connectivity index (χ1n) is 12.2. The van der Waals surface area contributed by atoms with Crippen molar-refractivity contribution in [2.75, 3.05) is 18.4 Å². The molecule has 2 saturated heterocycles. The van der Waals surface area contributed by atoms with E-state index in [0.29, 0.717) is 37.6 Å². The third kappa shape index (κ3) is 4.60. The first-order chi connectivity index (χ1) is 16.8. The van der Waals surface area contributed by atoms with Gasteiger partial charge in [0.05, 0.1) is 5.69 Å². The average molecular weight is 482 g/mol. The van der Waals surface area contributed by atoms with Gasteiger partial charge in [-0.15, -0.1) is 0 Å². The maximum absolute atomic E-state index is 13.1. The lowest BCUT2D eigenvalue weighted by Gasteiger charge is -2.42. The molecule has 3 aliphatic heterocycles. The zero-order valence-corrected chi connectivity index (χ0v) is 20.0. The van der Waals surface area contributed by atoms with E-state index in [-0.39, 0.29) is 29.3 Å². The summed E-state index contributed by atoms with van der Waals surface area (Å²) in [5.41, 5.74) is 1.54. The topological polar surface area (TPSA) is 130 Å². The van der Waals surface area contributed by atoms with E-state index in [4.69, 9.17) is 0 Å². The summed E-state index contributed by atoms with van der Waals surface area (Å²) in [6.07, 6.45) is 2.45. The maximum atomic E-state index is 13.1. The number of fused-ring (bicyclic) bond motifs is 4. The Bertz CT molecular complexity index is 1220. The molecule has 2 bridgehead atoms. The Kier molecular flexibility index (Phi) is 6.18. The molecule has 186 valence electrons. The highest BCUT2D eigenvalue weighted by atomic mass is 16.2. The molecule has 5 rings (SSSR count). The number of rotatable bonds is 4. The van der Waals surface area contributed by atoms with Crippen LogP contribution in [0.4, 0.5) is 5.82 Å². The van der Waals surface area contributed by atoms with Crippen molar-refractivity contribution in [3.05, 3.63) is 46.0 Å². The number of aromatic nitrogens is 3. The number of nitrogens with one attached hydrogen (secondary N) is 3. The summed E-state index contributed by atoms with van der Waals surface area (Å²) in [6, 6.07) is 6.91. The van der Waals surface area contributed by atoms with Crippen molar-refractivity contribution in [1.82, 2.24) is 29.9 Å². The quantitative estimate of drug-likeness (QED) is 0.551. The molecule has 35 heavy (non-hydrogen) atoms. The van der Waals surface area contributed by atoms with Crippen LogP contribution >= 0.6 is 0 Å². The lowest BCUT2D eigenvalue weighted by Crippen LogP contribution is -2.54. The zero-order chi connectivity index (χ0) is 24.7. The van der Waals surface area contributed by atoms with E-state index in [1.54, 1.807) is 34.6 Å². The Balaban J connectivity index is 1.30. The summed E-state index contributed by atoms with van der Waals surface area (Å²) in [4.78, 5) is 52.2. The monoisotopic (exact) mass is 481 g/mol. The number of amides is 3. The van der Waals surface area contributed by atoms with E-state index < -0.39 is 18.1 Å². The number of hydrogen-bond donors (Lipinski definition) is 3. The number of carbonyl (C=O) groups is 3. The van der Waals surface area contributed by atoms with Gasteiger partial charge in [-0.2, -0.15) is 5.10 Å². The lowest BCUT2D eigenvalue weighted by atomic mass is 9.83. The van der Waals surface area contributed by atoms with Crippen molar-refractivity contribution in [1.29, 1.82) is 0 Å². The molecule has 2 aromatic rings. The fourth-order valence-corrected chi connectivity index (χ4v) is 5.61. The number of piperidine rings is 1. The minimum atomic E-state index is -0.746. The number of carbonyl (C=O) groups excluding carboxylic acids is 3. The van der Waals surface area contributed by atoms with Crippen molar-refractivity contribution < 1.29 is 14.4 Å². The molecule has 4 unspecified atom stereocenters. The Morgan fingerprint density at radius 1 is 1.20 bits per heavy atom. The smallest absolute Gasteiger partial charge is 0.315 e. The van der Waals surface area contributed by atoms with Gasteiger partial charge in [-0.25, -0.2) is 4.68 Å². The Hall–Kier alpha value is -3.47. The molecule has 0 saturated carbocycles. The van der Waals surface area contributed by atoms with Crippen molar-refractivity contribution in [3.63, 3.8) is 0 Å². The predicted molar refractivity (Wildman–Crippen MR) is 127 cm³/mol. The van der Waals surface area contributed by atoms with Crippen LogP contribution < -0.4 is 21.5 Å². The number of likely N-dealkylation sites (tertiary alicyclic amines) is 1. The van der Waals surface area contributed by atoms with Gasteiger partial charge in [0.2, 0.25) is 5.91 Å². The molecule has 3 aliphatic rings. The zero-order valence-electron chi connectivity index (χ0n) is 20.0. The molecular formula is C24H31N7O4. The first kappa shape index (κ1) is 23.3. The third-order valence-corrected chi connectivity index (χ3v) is 7.07. The van der Waals surface area contributed by atoms with Gasteiger partial charge in [0, 0.05) is 55.8 Å². The molecule has 3 amide bonds. The molecule has 0 aliphatic carbocycles. The maximum Gasteiger partial charge on any atom is 0.315 e. The van der Waals surface area contributed by atoms with Crippen LogP contribution in [-0.4, -0.2) is 56.1 Å². The predicted octanol–water partition coefficient (Wildman–Crippen LogP) is 0.672. The van der Waals surface area contributed by atoms with E-state index in [9.17, 15) is 19.2 Å². The molecule has 2 aromatic heterocycles. The van der Waals surface area contributed by atoms with Crippen LogP contribution in [0, 0.1) is 12.8 Å². The van der Waals surface area contributed by atoms with Crippen LogP contribution in [0.2, 0.25) is 0 Å². The van der Waals surface area contributed by atoms with Gasteiger partial charge in [-0.1, -0.05) is 19.4 Å². The van der Waals surface area contributed by atoms with Gasteiger partial charge in [-0.3, -0.25) is 24.5 Å². The molecule has 2 fully saturated rings. The lowest BCUT2D eigenvalue weighted by molar-refractivity contribution is -0.145. The first-order valence-corrected chi connectivity index (χ1v) is 12.2. The standard InChI is InChI=1S/C24H31N7O4/c1-3-5-17-10-20(32)27-24(25-17)31-19(8-14(2)28-31)26-22(34)23(35)29-11-15-9-16(13-29)18-6-4-7-21(33)30(18)12-15/h4,6-8,15-17,24-25H,3,5,9-13H2,1-2H3,(H,26,34)(H,27,32). The van der Waals surface area contributed by atoms with E-state index in [1.807, 2.05) is 6.07 Å². The molecule has 11 nitrogen and oxygen atoms in total. The van der Waals surface area contributed by atoms with Crippen molar-refractivity contribution >= 4 is 23.5 Å². The van der Waals surface area contributed by atoms with Crippen LogP contribution in [0.5, 0.6) is 0 Å². The summed E-state index contributed by atoms with van der Waals surface area (Å²) >= 11 is 0. The second kappa shape index (κ2) is 9.29. The number of nitrogens with zero attached hydrogens (tertiary/aromatic N) is 4. The molecule has 0 aromatic carbocycles. The highest BCUT2D eigenvalue weighted by Crippen LogP contribution is 2.35. The minimum absolute atomic E-state index is 0.0107. The summed E-state index contributed by atoms with van der Waals surface area (Å²) < 4.78 is 3.30. The van der Waals surface area contributed by atoms with Gasteiger partial charge in [-0.05, 0) is 31.7 Å². The SMILES string of the molecule is CCCC1CC(=O)NC(n2nc(C)cc2NC(=O)C(=O)N2CC3CC(C2)c2cccc(=O)n2C3)N1. The van der Waals surface area contributed by atoms with Crippen LogP contribution in [0.15, 0.2) is 29.1 Å². The van der Waals surface area contributed by atoms with Crippen molar-refractivity contribution in [2.45, 2.75) is 64.3 Å². The molecule has 0 spiro atoms. The summed E-state index contributed by atoms with van der Waals surface area (Å²) in [7, 11) is 0. The van der Waals surface area contributed by atoms with Gasteiger partial charge in [0.15, 0.2) is 6.29 Å². The van der Waals surface area contributed by atoms with E-state index in [0.717, 1.165) is 25.0 Å². The van der Waals surface area contributed by atoms with Gasteiger partial charge >= 0.3 is 11.8 Å². The third-order valence-electron chi connectivity index (χ3n) is 7.07. The van der Waals surface area contributed by atoms with Crippen molar-refractivity contribution in [2.24, 2.45) is 5.92 Å². The van der Waals surface area contributed by atoms with E-state index in [1.165, 1.54) is 4.68 Å². The summed E-state index contributed by atoms with van der Waals surface area (Å²) in [6.45, 7) is 5.22. The highest BCUT2D eigenvalue weighted by Gasteiger charge is 2.38. The Morgan fingerprint density at radius 3 is 2.83 bits per heavy atom. The molecule has 4 atom stereocenters. The number of hydrogen-bond acceptors (Lipinski definition) is 6. The normalized spacial score (nSPS) is 25.5. The number of anilines is 1. The molecule has 0 radical (unpaired) electrons. The fraction of sp³-hybridized carbons (Fsp3) is 0.542. The summed E-state index contributed by atoms with van der Waals surface area (Å²) in [5, 5.41) is 13.4. The minimum Gasteiger partial charge on any atom is -0.333 e. The molecular weight excluding hydrogens is 450 g/mol. The Labute approximate surface area is 202 Å². The van der Waals surface area contributed by atoms with Gasteiger partial charge in [0.1, 0.15) is 5.82 Å². The highest BCUT2D eigenvalue weighted by molar-refractivity contribution is 6.39. The van der Waals surface area contributed by atoms with E-state index in [2.05, 4.69) is 28.0 Å². The van der Waals surface area contributed by atoms with Crippen LogP contribution in [0.25, 0.3) is 0 Å². The van der Waals surface area contributed by atoms with Crippen molar-refractivity contribution in [3.8, 4) is 0 Å². The number of pyridine rings is 1. The molecule has 5 heterocycles.